The summed E-state index contributed by atoms with van der Waals surface area (Å²) in [5.74, 6) is 0.412. The molecule has 2 aromatic rings. The fourth-order valence-electron chi connectivity index (χ4n) is 2.96. The normalized spacial score (nSPS) is 20.5. The Morgan fingerprint density at radius 3 is 3.00 bits per heavy atom. The van der Waals surface area contributed by atoms with E-state index in [-0.39, 0.29) is 11.9 Å². The minimum Gasteiger partial charge on any atom is -0.338 e. The molecule has 2 heterocycles. The highest BCUT2D eigenvalue weighted by Crippen LogP contribution is 2.22. The van der Waals surface area contributed by atoms with Crippen molar-refractivity contribution in [2.75, 3.05) is 13.1 Å². The van der Waals surface area contributed by atoms with Gasteiger partial charge < -0.3 is 10.6 Å². The van der Waals surface area contributed by atoms with Crippen LogP contribution >= 0.6 is 0 Å². The first-order valence-electron chi connectivity index (χ1n) is 7.41. The van der Waals surface area contributed by atoms with Gasteiger partial charge in [-0.3, -0.25) is 14.8 Å². The Hall–Kier alpha value is -2.01. The number of benzene rings is 1. The highest BCUT2D eigenvalue weighted by Gasteiger charge is 2.27. The van der Waals surface area contributed by atoms with Crippen LogP contribution in [0.4, 0.5) is 0 Å². The fraction of sp³-hybridized carbons (Fsp3) is 0.438. The Bertz CT molecular complexity index is 650. The van der Waals surface area contributed by atoms with E-state index in [4.69, 9.17) is 5.73 Å². The van der Waals surface area contributed by atoms with Gasteiger partial charge >= 0.3 is 0 Å². The molecule has 1 aliphatic heterocycles. The molecule has 0 bridgehead atoms. The van der Waals surface area contributed by atoms with E-state index in [0.717, 1.165) is 31.4 Å². The van der Waals surface area contributed by atoms with Gasteiger partial charge in [-0.2, -0.15) is 0 Å². The van der Waals surface area contributed by atoms with E-state index in [1.54, 1.807) is 12.4 Å². The minimum atomic E-state index is 0.0338. The quantitative estimate of drug-likeness (QED) is 0.913. The number of amides is 1. The standard InChI is InChI=1S/C16H20N4O/c1-11(17)12-4-3-9-20(10-12)16(21)13-5-2-6-14-15(13)19-8-7-18-14/h2,5-8,11-12H,3-4,9-10,17H2,1H3. The van der Waals surface area contributed by atoms with Crippen molar-refractivity contribution in [3.8, 4) is 0 Å². The number of carbonyl (C=O) groups is 1. The fourth-order valence-corrected chi connectivity index (χ4v) is 2.96. The zero-order valence-corrected chi connectivity index (χ0v) is 12.2. The summed E-state index contributed by atoms with van der Waals surface area (Å²) in [4.78, 5) is 23.3. The van der Waals surface area contributed by atoms with E-state index >= 15 is 0 Å². The molecule has 0 spiro atoms. The van der Waals surface area contributed by atoms with Gasteiger partial charge in [0.1, 0.15) is 5.52 Å². The van der Waals surface area contributed by atoms with Crippen LogP contribution in [-0.2, 0) is 0 Å². The third kappa shape index (κ3) is 2.74. The average Bonchev–Trinajstić information content (AvgIpc) is 2.53. The summed E-state index contributed by atoms with van der Waals surface area (Å²) in [6.07, 6.45) is 5.37. The molecule has 2 atom stereocenters. The molecule has 1 aromatic heterocycles. The molecule has 110 valence electrons. The summed E-state index contributed by atoms with van der Waals surface area (Å²) in [7, 11) is 0. The summed E-state index contributed by atoms with van der Waals surface area (Å²) >= 11 is 0. The van der Waals surface area contributed by atoms with Crippen molar-refractivity contribution in [1.29, 1.82) is 0 Å². The lowest BCUT2D eigenvalue weighted by Crippen LogP contribution is -2.45. The van der Waals surface area contributed by atoms with E-state index < -0.39 is 0 Å². The number of nitrogens with zero attached hydrogens (tertiary/aromatic N) is 3. The zero-order valence-electron chi connectivity index (χ0n) is 12.2. The van der Waals surface area contributed by atoms with E-state index in [1.807, 2.05) is 30.0 Å². The van der Waals surface area contributed by atoms with Crippen molar-refractivity contribution in [3.63, 3.8) is 0 Å². The number of nitrogens with two attached hydrogens (primary N) is 1. The second-order valence-corrected chi connectivity index (χ2v) is 5.74. The molecule has 1 amide bonds. The molecule has 1 aliphatic rings. The predicted molar refractivity (Wildman–Crippen MR) is 81.8 cm³/mol. The first-order valence-corrected chi connectivity index (χ1v) is 7.41. The van der Waals surface area contributed by atoms with Gasteiger partial charge in [-0.25, -0.2) is 0 Å². The van der Waals surface area contributed by atoms with Gasteiger partial charge in [0.25, 0.3) is 5.91 Å². The molecule has 1 fully saturated rings. The molecular weight excluding hydrogens is 264 g/mol. The summed E-state index contributed by atoms with van der Waals surface area (Å²) in [5.41, 5.74) is 8.06. The Labute approximate surface area is 124 Å². The number of rotatable bonds is 2. The highest BCUT2D eigenvalue weighted by atomic mass is 16.2. The number of hydrogen-bond acceptors (Lipinski definition) is 4. The van der Waals surface area contributed by atoms with Gasteiger partial charge in [0, 0.05) is 31.5 Å². The van der Waals surface area contributed by atoms with Gasteiger partial charge in [-0.15, -0.1) is 0 Å². The maximum Gasteiger partial charge on any atom is 0.256 e. The monoisotopic (exact) mass is 284 g/mol. The molecule has 21 heavy (non-hydrogen) atoms. The number of carbonyl (C=O) groups excluding carboxylic acids is 1. The molecule has 2 N–H and O–H groups in total. The first-order chi connectivity index (χ1) is 10.2. The van der Waals surface area contributed by atoms with Crippen LogP contribution in [-0.4, -0.2) is 39.9 Å². The first kappa shape index (κ1) is 13.9. The van der Waals surface area contributed by atoms with Crippen LogP contribution in [0, 0.1) is 5.92 Å². The molecular formula is C16H20N4O. The number of fused-ring (bicyclic) bond motifs is 1. The molecule has 5 nitrogen and oxygen atoms in total. The molecule has 3 rings (SSSR count). The van der Waals surface area contributed by atoms with Crippen LogP contribution in [0.2, 0.25) is 0 Å². The van der Waals surface area contributed by atoms with Gasteiger partial charge in [0.05, 0.1) is 11.1 Å². The highest BCUT2D eigenvalue weighted by molar-refractivity contribution is 6.04. The minimum absolute atomic E-state index is 0.0338. The molecule has 2 unspecified atom stereocenters. The van der Waals surface area contributed by atoms with E-state index in [9.17, 15) is 4.79 Å². The maximum atomic E-state index is 12.8. The topological polar surface area (TPSA) is 72.1 Å². The lowest BCUT2D eigenvalue weighted by atomic mass is 9.92. The molecule has 0 radical (unpaired) electrons. The molecule has 1 aromatic carbocycles. The Morgan fingerprint density at radius 2 is 2.19 bits per heavy atom. The smallest absolute Gasteiger partial charge is 0.256 e. The van der Waals surface area contributed by atoms with Crippen LogP contribution in [0.5, 0.6) is 0 Å². The van der Waals surface area contributed by atoms with Crippen molar-refractivity contribution in [2.45, 2.75) is 25.8 Å². The second kappa shape index (κ2) is 5.77. The number of hydrogen-bond donors (Lipinski definition) is 1. The largest absolute Gasteiger partial charge is 0.338 e. The van der Waals surface area contributed by atoms with Crippen molar-refractivity contribution in [2.24, 2.45) is 11.7 Å². The lowest BCUT2D eigenvalue weighted by Gasteiger charge is -2.34. The van der Waals surface area contributed by atoms with Gasteiger partial charge in [0.15, 0.2) is 0 Å². The summed E-state index contributed by atoms with van der Waals surface area (Å²) in [6, 6.07) is 5.68. The Morgan fingerprint density at radius 1 is 1.38 bits per heavy atom. The van der Waals surface area contributed by atoms with Crippen LogP contribution < -0.4 is 5.73 Å². The summed E-state index contributed by atoms with van der Waals surface area (Å²) in [6.45, 7) is 3.54. The number of piperidine rings is 1. The zero-order chi connectivity index (χ0) is 14.8. The van der Waals surface area contributed by atoms with E-state index in [1.165, 1.54) is 0 Å². The third-order valence-corrected chi connectivity index (χ3v) is 4.22. The molecule has 1 saturated heterocycles. The Balaban J connectivity index is 1.90. The predicted octanol–water partition coefficient (Wildman–Crippen LogP) is 1.83. The maximum absolute atomic E-state index is 12.8. The van der Waals surface area contributed by atoms with Crippen LogP contribution in [0.1, 0.15) is 30.1 Å². The number of para-hydroxylation sites is 1. The number of likely N-dealkylation sites (tertiary alicyclic amines) is 1. The summed E-state index contributed by atoms with van der Waals surface area (Å²) in [5, 5.41) is 0. The van der Waals surface area contributed by atoms with Crippen molar-refractivity contribution in [1.82, 2.24) is 14.9 Å². The van der Waals surface area contributed by atoms with Gasteiger partial charge in [0.2, 0.25) is 0 Å². The summed E-state index contributed by atoms with van der Waals surface area (Å²) < 4.78 is 0. The van der Waals surface area contributed by atoms with Gasteiger partial charge in [-0.1, -0.05) is 6.07 Å². The Kier molecular flexibility index (Phi) is 3.84. The number of aromatic nitrogens is 2. The van der Waals surface area contributed by atoms with Crippen LogP contribution in [0.15, 0.2) is 30.6 Å². The van der Waals surface area contributed by atoms with Gasteiger partial charge in [-0.05, 0) is 37.8 Å². The molecule has 0 saturated carbocycles. The van der Waals surface area contributed by atoms with Crippen LogP contribution in [0.25, 0.3) is 11.0 Å². The SMILES string of the molecule is CC(N)C1CCCN(C(=O)c2cccc3nccnc23)C1. The van der Waals surface area contributed by atoms with Crippen molar-refractivity contribution in [3.05, 3.63) is 36.2 Å². The van der Waals surface area contributed by atoms with Crippen molar-refractivity contribution < 1.29 is 4.79 Å². The van der Waals surface area contributed by atoms with E-state index in [0.29, 0.717) is 17.0 Å². The van der Waals surface area contributed by atoms with E-state index in [2.05, 4.69) is 9.97 Å². The van der Waals surface area contributed by atoms with Crippen LogP contribution in [0.3, 0.4) is 0 Å². The third-order valence-electron chi connectivity index (χ3n) is 4.22. The average molecular weight is 284 g/mol. The second-order valence-electron chi connectivity index (χ2n) is 5.74. The molecule has 0 aliphatic carbocycles. The molecule has 5 heteroatoms. The lowest BCUT2D eigenvalue weighted by molar-refractivity contribution is 0.0662. The van der Waals surface area contributed by atoms with Crippen molar-refractivity contribution >= 4 is 16.9 Å².